The SMILES string of the molecule is CC(C(=O)O)c1ccc(CNC2CCS(=O)(=O)C2)cc1. The minimum Gasteiger partial charge on any atom is -0.481 e. The zero-order valence-electron chi connectivity index (χ0n) is 11.4. The third-order valence-corrected chi connectivity index (χ3v) is 5.45. The predicted octanol–water partition coefficient (Wildman–Crippen LogP) is 1.15. The predicted molar refractivity (Wildman–Crippen MR) is 76.4 cm³/mol. The summed E-state index contributed by atoms with van der Waals surface area (Å²) in [4.78, 5) is 10.9. The molecule has 0 amide bonds. The minimum atomic E-state index is -2.86. The van der Waals surface area contributed by atoms with Crippen molar-refractivity contribution in [2.75, 3.05) is 11.5 Å². The highest BCUT2D eigenvalue weighted by Crippen LogP contribution is 2.17. The van der Waals surface area contributed by atoms with Gasteiger partial charge in [0.25, 0.3) is 0 Å². The summed E-state index contributed by atoms with van der Waals surface area (Å²) in [6.45, 7) is 2.25. The van der Waals surface area contributed by atoms with Crippen LogP contribution in [0, 0.1) is 0 Å². The quantitative estimate of drug-likeness (QED) is 0.852. The van der Waals surface area contributed by atoms with Crippen molar-refractivity contribution in [3.63, 3.8) is 0 Å². The Morgan fingerprint density at radius 2 is 2.05 bits per heavy atom. The number of hydrogen-bond donors (Lipinski definition) is 2. The lowest BCUT2D eigenvalue weighted by atomic mass is 10.00. The maximum atomic E-state index is 11.3. The molecule has 6 heteroatoms. The summed E-state index contributed by atoms with van der Waals surface area (Å²) >= 11 is 0. The molecule has 2 rings (SSSR count). The smallest absolute Gasteiger partial charge is 0.310 e. The maximum Gasteiger partial charge on any atom is 0.310 e. The molecule has 1 aromatic carbocycles. The molecule has 0 radical (unpaired) electrons. The van der Waals surface area contributed by atoms with Crippen LogP contribution in [-0.2, 0) is 21.2 Å². The Hall–Kier alpha value is -1.40. The second kappa shape index (κ2) is 5.93. The Balaban J connectivity index is 1.90. The molecule has 2 N–H and O–H groups in total. The minimum absolute atomic E-state index is 0.0256. The molecule has 2 unspecified atom stereocenters. The van der Waals surface area contributed by atoms with Gasteiger partial charge in [0, 0.05) is 12.6 Å². The first kappa shape index (κ1) is 15.0. The zero-order valence-corrected chi connectivity index (χ0v) is 12.2. The van der Waals surface area contributed by atoms with Gasteiger partial charge < -0.3 is 10.4 Å². The van der Waals surface area contributed by atoms with Crippen molar-refractivity contribution in [1.82, 2.24) is 5.32 Å². The Morgan fingerprint density at radius 3 is 2.55 bits per heavy atom. The molecule has 1 aromatic rings. The number of rotatable bonds is 5. The monoisotopic (exact) mass is 297 g/mol. The van der Waals surface area contributed by atoms with Crippen LogP contribution < -0.4 is 5.32 Å². The molecule has 0 bridgehead atoms. The number of benzene rings is 1. The highest BCUT2D eigenvalue weighted by molar-refractivity contribution is 7.91. The van der Waals surface area contributed by atoms with Gasteiger partial charge in [0.2, 0.25) is 0 Å². The van der Waals surface area contributed by atoms with Crippen LogP contribution in [0.1, 0.15) is 30.4 Å². The second-order valence-electron chi connectivity index (χ2n) is 5.28. The van der Waals surface area contributed by atoms with Gasteiger partial charge in [0.15, 0.2) is 9.84 Å². The van der Waals surface area contributed by atoms with Crippen LogP contribution in [0.15, 0.2) is 24.3 Å². The van der Waals surface area contributed by atoms with Gasteiger partial charge in [-0.2, -0.15) is 0 Å². The van der Waals surface area contributed by atoms with E-state index < -0.39 is 21.7 Å². The lowest BCUT2D eigenvalue weighted by Crippen LogP contribution is -2.29. The van der Waals surface area contributed by atoms with Crippen LogP contribution in [0.2, 0.25) is 0 Å². The molecule has 0 saturated carbocycles. The van der Waals surface area contributed by atoms with Crippen molar-refractivity contribution in [1.29, 1.82) is 0 Å². The van der Waals surface area contributed by atoms with Gasteiger partial charge in [-0.15, -0.1) is 0 Å². The summed E-state index contributed by atoms with van der Waals surface area (Å²) in [5, 5.41) is 12.2. The normalized spacial score (nSPS) is 22.6. The van der Waals surface area contributed by atoms with E-state index in [9.17, 15) is 13.2 Å². The summed E-state index contributed by atoms with van der Waals surface area (Å²) in [7, 11) is -2.86. The molecule has 20 heavy (non-hydrogen) atoms. The number of nitrogens with one attached hydrogen (secondary N) is 1. The average Bonchev–Trinajstić information content (AvgIpc) is 2.75. The first-order valence-corrected chi connectivity index (χ1v) is 8.45. The largest absolute Gasteiger partial charge is 0.481 e. The number of hydrogen-bond acceptors (Lipinski definition) is 4. The van der Waals surface area contributed by atoms with E-state index in [1.54, 1.807) is 19.1 Å². The van der Waals surface area contributed by atoms with E-state index in [1.165, 1.54) is 0 Å². The Labute approximate surface area is 118 Å². The van der Waals surface area contributed by atoms with Crippen molar-refractivity contribution in [2.24, 2.45) is 0 Å². The molecule has 1 heterocycles. The zero-order chi connectivity index (χ0) is 14.8. The summed E-state index contributed by atoms with van der Waals surface area (Å²) < 4.78 is 22.7. The van der Waals surface area contributed by atoms with E-state index in [-0.39, 0.29) is 17.5 Å². The van der Waals surface area contributed by atoms with Crippen LogP contribution in [0.4, 0.5) is 0 Å². The van der Waals surface area contributed by atoms with E-state index in [2.05, 4.69) is 5.32 Å². The van der Waals surface area contributed by atoms with Crippen molar-refractivity contribution < 1.29 is 18.3 Å². The molecular weight excluding hydrogens is 278 g/mol. The highest BCUT2D eigenvalue weighted by atomic mass is 32.2. The summed E-state index contributed by atoms with van der Waals surface area (Å²) in [6, 6.07) is 7.40. The Bertz CT molecular complexity index is 580. The number of carbonyl (C=O) groups is 1. The van der Waals surface area contributed by atoms with Gasteiger partial charge in [-0.25, -0.2) is 8.42 Å². The number of carboxylic acids is 1. The van der Waals surface area contributed by atoms with Crippen LogP contribution in [0.3, 0.4) is 0 Å². The van der Waals surface area contributed by atoms with Gasteiger partial charge >= 0.3 is 5.97 Å². The van der Waals surface area contributed by atoms with Crippen molar-refractivity contribution in [3.05, 3.63) is 35.4 Å². The van der Waals surface area contributed by atoms with Crippen LogP contribution in [-0.4, -0.2) is 37.0 Å². The molecule has 0 aromatic heterocycles. The molecule has 5 nitrogen and oxygen atoms in total. The molecule has 2 atom stereocenters. The van der Waals surface area contributed by atoms with Gasteiger partial charge in [0.05, 0.1) is 17.4 Å². The second-order valence-corrected chi connectivity index (χ2v) is 7.51. The van der Waals surface area contributed by atoms with Crippen LogP contribution >= 0.6 is 0 Å². The van der Waals surface area contributed by atoms with Crippen LogP contribution in [0.25, 0.3) is 0 Å². The van der Waals surface area contributed by atoms with Crippen molar-refractivity contribution >= 4 is 15.8 Å². The lowest BCUT2D eigenvalue weighted by molar-refractivity contribution is -0.138. The summed E-state index contributed by atoms with van der Waals surface area (Å²) in [6.07, 6.45) is 0.663. The van der Waals surface area contributed by atoms with Crippen molar-refractivity contribution in [2.45, 2.75) is 31.8 Å². The van der Waals surface area contributed by atoms with E-state index in [4.69, 9.17) is 5.11 Å². The molecule has 1 fully saturated rings. The first-order chi connectivity index (χ1) is 9.37. The van der Waals surface area contributed by atoms with Crippen molar-refractivity contribution in [3.8, 4) is 0 Å². The lowest BCUT2D eigenvalue weighted by Gasteiger charge is -2.12. The summed E-state index contributed by atoms with van der Waals surface area (Å²) in [5.41, 5.74) is 1.79. The van der Waals surface area contributed by atoms with E-state index in [0.717, 1.165) is 11.1 Å². The molecule has 110 valence electrons. The van der Waals surface area contributed by atoms with Gasteiger partial charge in [-0.3, -0.25) is 4.79 Å². The van der Waals surface area contributed by atoms with E-state index in [1.807, 2.05) is 12.1 Å². The average molecular weight is 297 g/mol. The fraction of sp³-hybridized carbons (Fsp3) is 0.500. The number of sulfone groups is 1. The highest BCUT2D eigenvalue weighted by Gasteiger charge is 2.27. The molecule has 0 spiro atoms. The molecular formula is C14H19NO4S. The third kappa shape index (κ3) is 3.80. The fourth-order valence-electron chi connectivity index (χ4n) is 2.28. The first-order valence-electron chi connectivity index (χ1n) is 6.63. The van der Waals surface area contributed by atoms with Gasteiger partial charge in [0.1, 0.15) is 0 Å². The fourth-order valence-corrected chi connectivity index (χ4v) is 3.99. The topological polar surface area (TPSA) is 83.5 Å². The summed E-state index contributed by atoms with van der Waals surface area (Å²) in [5.74, 6) is -0.884. The Kier molecular flexibility index (Phi) is 4.45. The van der Waals surface area contributed by atoms with E-state index in [0.29, 0.717) is 13.0 Å². The van der Waals surface area contributed by atoms with E-state index >= 15 is 0 Å². The molecule has 1 aliphatic rings. The number of carboxylic acid groups (broad SMARTS) is 1. The number of aliphatic carboxylic acids is 1. The third-order valence-electron chi connectivity index (χ3n) is 3.68. The van der Waals surface area contributed by atoms with Gasteiger partial charge in [-0.1, -0.05) is 24.3 Å². The molecule has 1 saturated heterocycles. The Morgan fingerprint density at radius 1 is 1.40 bits per heavy atom. The van der Waals surface area contributed by atoms with Crippen LogP contribution in [0.5, 0.6) is 0 Å². The molecule has 0 aliphatic carbocycles. The maximum absolute atomic E-state index is 11.3. The standard InChI is InChI=1S/C14H19NO4S/c1-10(14(16)17)12-4-2-11(3-5-12)8-15-13-6-7-20(18,19)9-13/h2-5,10,13,15H,6-9H2,1H3,(H,16,17). The molecule has 1 aliphatic heterocycles. The van der Waals surface area contributed by atoms with Gasteiger partial charge in [-0.05, 0) is 24.5 Å².